The highest BCUT2D eigenvalue weighted by Gasteiger charge is 2.53. The second kappa shape index (κ2) is 10.4. The third kappa shape index (κ3) is 4.53. The summed E-state index contributed by atoms with van der Waals surface area (Å²) in [6.45, 7) is 4.07. The highest BCUT2D eigenvalue weighted by molar-refractivity contribution is 7.78. The third-order valence-corrected chi connectivity index (χ3v) is 10.8. The van der Waals surface area contributed by atoms with Gasteiger partial charge in [0.05, 0.1) is 14.2 Å². The van der Waals surface area contributed by atoms with Gasteiger partial charge >= 0.3 is 11.9 Å². The van der Waals surface area contributed by atoms with E-state index in [0.29, 0.717) is 6.16 Å². The molecule has 0 atom stereocenters. The highest BCUT2D eigenvalue weighted by atomic mass is 31.2. The molecule has 6 heteroatoms. The van der Waals surface area contributed by atoms with Crippen molar-refractivity contribution in [3.8, 4) is 0 Å². The lowest BCUT2D eigenvalue weighted by atomic mass is 9.84. The molecule has 188 valence electrons. The number of esters is 2. The number of carbonyl (C=O) groups is 2. The molecule has 0 unspecified atom stereocenters. The summed E-state index contributed by atoms with van der Waals surface area (Å²) >= 11 is 0. The van der Waals surface area contributed by atoms with Gasteiger partial charge in [0, 0.05) is 29.6 Å². The van der Waals surface area contributed by atoms with Crippen LogP contribution in [0.4, 0.5) is 0 Å². The molecule has 1 aliphatic rings. The van der Waals surface area contributed by atoms with Crippen LogP contribution in [0.1, 0.15) is 34.2 Å². The van der Waals surface area contributed by atoms with Crippen molar-refractivity contribution in [1.82, 2.24) is 0 Å². The minimum atomic E-state index is -2.78. The van der Waals surface area contributed by atoms with Gasteiger partial charge in [0.15, 0.2) is 5.41 Å². The van der Waals surface area contributed by atoms with E-state index in [1.54, 1.807) is 0 Å². The van der Waals surface area contributed by atoms with E-state index in [9.17, 15) is 14.2 Å². The van der Waals surface area contributed by atoms with Gasteiger partial charge in [-0.15, -0.1) is 0 Å². The number of methoxy groups -OCH3 is 2. The van der Waals surface area contributed by atoms with Crippen LogP contribution in [0.2, 0.25) is 0 Å². The van der Waals surface area contributed by atoms with E-state index in [1.165, 1.54) is 14.2 Å². The fraction of sp³-hybridized carbons (Fsp3) is 0.333. The Balaban J connectivity index is 1.61. The molecule has 0 aliphatic heterocycles. The predicted octanol–water partition coefficient (Wildman–Crippen LogP) is 4.68. The topological polar surface area (TPSA) is 69.7 Å². The van der Waals surface area contributed by atoms with Crippen molar-refractivity contribution >= 4 is 29.7 Å². The molecule has 1 aliphatic carbocycles. The Morgan fingerprint density at radius 3 is 1.83 bits per heavy atom. The standard InChI is InChI=1S/C30H33O5P/c1-21-18-23(22(2)27-20-30(19-26(21)27,28(31)34-3)29(32)35-4)12-11-17-36(33,24-13-7-5-8-14-24)25-15-9-6-10-16-25/h5-10,13-16,18H,11-12,17,19-20H2,1-4H3. The van der Waals surface area contributed by atoms with Crippen LogP contribution in [0.3, 0.4) is 0 Å². The Morgan fingerprint density at radius 1 is 0.833 bits per heavy atom. The van der Waals surface area contributed by atoms with Crippen molar-refractivity contribution in [2.45, 2.75) is 39.5 Å². The Hall–Kier alpha value is -3.17. The lowest BCUT2D eigenvalue weighted by molar-refractivity contribution is -0.168. The summed E-state index contributed by atoms with van der Waals surface area (Å²) in [6, 6.07) is 21.6. The Morgan fingerprint density at radius 2 is 1.33 bits per heavy atom. The number of fused-ring (bicyclic) bond motifs is 1. The molecule has 0 aromatic heterocycles. The zero-order valence-corrected chi connectivity index (χ0v) is 22.3. The van der Waals surface area contributed by atoms with Crippen LogP contribution in [0.5, 0.6) is 0 Å². The average molecular weight is 505 g/mol. The molecule has 0 N–H and O–H groups in total. The number of aryl methyl sites for hydroxylation is 2. The van der Waals surface area contributed by atoms with Crippen LogP contribution < -0.4 is 10.6 Å². The van der Waals surface area contributed by atoms with Crippen LogP contribution in [0, 0.1) is 19.3 Å². The maximum atomic E-state index is 14.3. The van der Waals surface area contributed by atoms with Crippen molar-refractivity contribution in [1.29, 1.82) is 0 Å². The molecule has 0 bridgehead atoms. The maximum Gasteiger partial charge on any atom is 0.323 e. The molecule has 5 nitrogen and oxygen atoms in total. The van der Waals surface area contributed by atoms with Gasteiger partial charge < -0.3 is 14.0 Å². The van der Waals surface area contributed by atoms with Crippen LogP contribution in [-0.4, -0.2) is 32.3 Å². The first-order valence-electron chi connectivity index (χ1n) is 12.2. The summed E-state index contributed by atoms with van der Waals surface area (Å²) < 4.78 is 24.4. The number of rotatable bonds is 8. The van der Waals surface area contributed by atoms with Gasteiger partial charge in [-0.2, -0.15) is 0 Å². The summed E-state index contributed by atoms with van der Waals surface area (Å²) in [6.07, 6.45) is 2.62. The zero-order chi connectivity index (χ0) is 25.9. The molecule has 0 saturated carbocycles. The summed E-state index contributed by atoms with van der Waals surface area (Å²) in [5.41, 5.74) is 4.00. The number of hydrogen-bond acceptors (Lipinski definition) is 5. The number of ether oxygens (including phenoxy) is 2. The van der Waals surface area contributed by atoms with E-state index >= 15 is 0 Å². The largest absolute Gasteiger partial charge is 0.468 e. The zero-order valence-electron chi connectivity index (χ0n) is 21.4. The first kappa shape index (κ1) is 25.9. The lowest BCUT2D eigenvalue weighted by Gasteiger charge is -2.22. The third-order valence-electron chi connectivity index (χ3n) is 7.54. The van der Waals surface area contributed by atoms with Crippen LogP contribution in [0.15, 0.2) is 66.7 Å². The molecule has 0 heterocycles. The molecule has 0 radical (unpaired) electrons. The van der Waals surface area contributed by atoms with Gasteiger partial charge in [-0.05, 0) is 54.5 Å². The van der Waals surface area contributed by atoms with E-state index in [2.05, 4.69) is 6.07 Å². The molecule has 0 amide bonds. The van der Waals surface area contributed by atoms with Gasteiger partial charge in [-0.25, -0.2) is 0 Å². The molecular formula is C30H33O5P. The maximum absolute atomic E-state index is 14.3. The fourth-order valence-corrected chi connectivity index (χ4v) is 8.25. The van der Waals surface area contributed by atoms with Crippen molar-refractivity contribution in [2.24, 2.45) is 5.41 Å². The molecule has 0 saturated heterocycles. The molecule has 3 aromatic rings. The van der Waals surface area contributed by atoms with Crippen LogP contribution >= 0.6 is 7.14 Å². The quantitative estimate of drug-likeness (QED) is 0.253. The number of carbonyl (C=O) groups excluding carboxylic acids is 2. The van der Waals surface area contributed by atoms with Crippen LogP contribution in [-0.2, 0) is 42.9 Å². The molecule has 36 heavy (non-hydrogen) atoms. The van der Waals surface area contributed by atoms with E-state index in [-0.39, 0.29) is 12.8 Å². The summed E-state index contributed by atoms with van der Waals surface area (Å²) in [5, 5.41) is 1.75. The smallest absolute Gasteiger partial charge is 0.323 e. The molecule has 0 spiro atoms. The number of hydrogen-bond donors (Lipinski definition) is 0. The number of benzene rings is 3. The van der Waals surface area contributed by atoms with Gasteiger partial charge in [0.2, 0.25) is 0 Å². The minimum Gasteiger partial charge on any atom is -0.468 e. The lowest BCUT2D eigenvalue weighted by Crippen LogP contribution is -2.42. The highest BCUT2D eigenvalue weighted by Crippen LogP contribution is 2.45. The van der Waals surface area contributed by atoms with Crippen molar-refractivity contribution in [2.75, 3.05) is 20.4 Å². The van der Waals surface area contributed by atoms with Gasteiger partial charge in [-0.1, -0.05) is 66.7 Å². The molecule has 4 rings (SSSR count). The van der Waals surface area contributed by atoms with E-state index < -0.39 is 24.5 Å². The summed E-state index contributed by atoms with van der Waals surface area (Å²) in [4.78, 5) is 25.4. The van der Waals surface area contributed by atoms with E-state index in [0.717, 1.165) is 51.3 Å². The Bertz CT molecular complexity index is 1250. The first-order valence-corrected chi connectivity index (χ1v) is 14.1. The van der Waals surface area contributed by atoms with E-state index in [4.69, 9.17) is 9.47 Å². The van der Waals surface area contributed by atoms with Crippen molar-refractivity contribution < 1.29 is 23.6 Å². The van der Waals surface area contributed by atoms with Crippen molar-refractivity contribution in [3.05, 3.63) is 94.5 Å². The second-order valence-electron chi connectivity index (χ2n) is 9.59. The Labute approximate surface area is 213 Å². The van der Waals surface area contributed by atoms with Crippen molar-refractivity contribution in [3.63, 3.8) is 0 Å². The normalized spacial score (nSPS) is 14.2. The summed E-state index contributed by atoms with van der Waals surface area (Å²) in [7, 11) is -0.173. The molecular weight excluding hydrogens is 471 g/mol. The van der Waals surface area contributed by atoms with Gasteiger partial charge in [0.25, 0.3) is 0 Å². The monoisotopic (exact) mass is 504 g/mol. The minimum absolute atomic E-state index is 0.273. The molecule has 3 aromatic carbocycles. The van der Waals surface area contributed by atoms with Gasteiger partial charge in [0.1, 0.15) is 7.14 Å². The second-order valence-corrected chi connectivity index (χ2v) is 12.6. The predicted molar refractivity (Wildman–Crippen MR) is 143 cm³/mol. The Kier molecular flexibility index (Phi) is 7.51. The van der Waals surface area contributed by atoms with E-state index in [1.807, 2.05) is 74.5 Å². The average Bonchev–Trinajstić information content (AvgIpc) is 3.34. The van der Waals surface area contributed by atoms with Gasteiger partial charge in [-0.3, -0.25) is 9.59 Å². The summed E-state index contributed by atoms with van der Waals surface area (Å²) in [5.74, 6) is -1.12. The molecule has 0 fully saturated rings. The first-order chi connectivity index (χ1) is 17.3. The van der Waals surface area contributed by atoms with Crippen LogP contribution in [0.25, 0.3) is 0 Å². The SMILES string of the molecule is COC(=O)C1(C(=O)OC)Cc2c(C)cc(CCCP(=O)(c3ccccc3)c3ccccc3)c(C)c2C1. The fourth-order valence-electron chi connectivity index (χ4n) is 5.53.